The Bertz CT molecular complexity index is 590. The minimum absolute atomic E-state index is 0.126. The highest BCUT2D eigenvalue weighted by molar-refractivity contribution is 5.68. The predicted octanol–water partition coefficient (Wildman–Crippen LogP) is 5.80. The summed E-state index contributed by atoms with van der Waals surface area (Å²) in [6.07, 6.45) is 7.40. The number of aliphatic carboxylic acids is 1. The van der Waals surface area contributed by atoms with E-state index in [9.17, 15) is 9.59 Å². The maximum absolute atomic E-state index is 12.6. The minimum atomic E-state index is -0.792. The molecule has 0 radical (unpaired) electrons. The number of rotatable bonds is 12. The molecule has 1 N–H and O–H groups in total. The summed E-state index contributed by atoms with van der Waals surface area (Å²) in [6.45, 7) is 9.03. The Morgan fingerprint density at radius 1 is 0.964 bits per heavy atom. The molecule has 1 rings (SSSR count). The van der Waals surface area contributed by atoms with Crippen LogP contribution in [0, 0.1) is 0 Å². The standard InChI is InChI=1S/C23H37NO4/c1-5-6-7-8-9-10-17-24(22(27)28-23(2,3)4)18-20-13-11-19(12-14-20)15-16-21(25)26/h11-14H,5-10,15-18H2,1-4H3,(H,25,26). The molecular weight excluding hydrogens is 354 g/mol. The fourth-order valence-corrected chi connectivity index (χ4v) is 2.93. The van der Waals surface area contributed by atoms with Gasteiger partial charge in [-0.25, -0.2) is 4.79 Å². The van der Waals surface area contributed by atoms with E-state index >= 15 is 0 Å². The number of nitrogens with zero attached hydrogens (tertiary/aromatic N) is 1. The maximum atomic E-state index is 12.6. The van der Waals surface area contributed by atoms with E-state index in [4.69, 9.17) is 9.84 Å². The number of carbonyl (C=O) groups excluding carboxylic acids is 1. The first-order chi connectivity index (χ1) is 13.2. The molecule has 5 nitrogen and oxygen atoms in total. The second kappa shape index (κ2) is 12.4. The number of aryl methyl sites for hydroxylation is 1. The average molecular weight is 392 g/mol. The predicted molar refractivity (Wildman–Crippen MR) is 112 cm³/mol. The van der Waals surface area contributed by atoms with Crippen molar-refractivity contribution in [1.82, 2.24) is 4.90 Å². The summed E-state index contributed by atoms with van der Waals surface area (Å²) in [5, 5.41) is 8.79. The lowest BCUT2D eigenvalue weighted by atomic mass is 10.1. The molecule has 1 aromatic carbocycles. The number of benzene rings is 1. The van der Waals surface area contributed by atoms with Crippen molar-refractivity contribution < 1.29 is 19.4 Å². The van der Waals surface area contributed by atoms with Crippen LogP contribution in [0.4, 0.5) is 4.79 Å². The van der Waals surface area contributed by atoms with Crippen molar-refractivity contribution in [3.05, 3.63) is 35.4 Å². The summed E-state index contributed by atoms with van der Waals surface area (Å²) in [7, 11) is 0. The molecule has 28 heavy (non-hydrogen) atoms. The van der Waals surface area contributed by atoms with Crippen LogP contribution in [-0.2, 0) is 22.5 Å². The SMILES string of the molecule is CCCCCCCCN(Cc1ccc(CCC(=O)O)cc1)C(=O)OC(C)(C)C. The molecule has 0 aliphatic heterocycles. The number of hydrogen-bond acceptors (Lipinski definition) is 3. The quantitative estimate of drug-likeness (QED) is 0.457. The lowest BCUT2D eigenvalue weighted by Gasteiger charge is -2.27. The van der Waals surface area contributed by atoms with Crippen LogP contribution in [0.5, 0.6) is 0 Å². The van der Waals surface area contributed by atoms with Crippen LogP contribution in [0.25, 0.3) is 0 Å². The molecule has 0 heterocycles. The van der Waals surface area contributed by atoms with Gasteiger partial charge in [0, 0.05) is 19.5 Å². The summed E-state index contributed by atoms with van der Waals surface area (Å²) in [4.78, 5) is 25.1. The van der Waals surface area contributed by atoms with Crippen molar-refractivity contribution in [2.24, 2.45) is 0 Å². The highest BCUT2D eigenvalue weighted by Gasteiger charge is 2.22. The first-order valence-corrected chi connectivity index (χ1v) is 10.5. The zero-order chi connectivity index (χ0) is 21.0. The Hall–Kier alpha value is -2.04. The van der Waals surface area contributed by atoms with Crippen LogP contribution in [0.1, 0.15) is 83.8 Å². The van der Waals surface area contributed by atoms with Gasteiger partial charge in [0.15, 0.2) is 0 Å². The van der Waals surface area contributed by atoms with Gasteiger partial charge in [-0.05, 0) is 44.7 Å². The number of hydrogen-bond donors (Lipinski definition) is 1. The molecule has 0 unspecified atom stereocenters. The Kier molecular flexibility index (Phi) is 10.6. The number of amides is 1. The highest BCUT2D eigenvalue weighted by atomic mass is 16.6. The minimum Gasteiger partial charge on any atom is -0.481 e. The Morgan fingerprint density at radius 2 is 1.54 bits per heavy atom. The third-order valence-electron chi connectivity index (χ3n) is 4.46. The van der Waals surface area contributed by atoms with Crippen molar-refractivity contribution in [3.8, 4) is 0 Å². The van der Waals surface area contributed by atoms with E-state index in [2.05, 4.69) is 6.92 Å². The molecule has 0 atom stereocenters. The Morgan fingerprint density at radius 3 is 2.11 bits per heavy atom. The van der Waals surface area contributed by atoms with Gasteiger partial charge in [0.2, 0.25) is 0 Å². The maximum Gasteiger partial charge on any atom is 0.410 e. The van der Waals surface area contributed by atoms with Gasteiger partial charge in [0.25, 0.3) is 0 Å². The Labute approximate surface area is 170 Å². The fraction of sp³-hybridized carbons (Fsp3) is 0.652. The van der Waals surface area contributed by atoms with Gasteiger partial charge in [0.1, 0.15) is 5.60 Å². The second-order valence-corrected chi connectivity index (χ2v) is 8.38. The molecular formula is C23H37NO4. The molecule has 0 fully saturated rings. The smallest absolute Gasteiger partial charge is 0.410 e. The zero-order valence-corrected chi connectivity index (χ0v) is 18.0. The lowest BCUT2D eigenvalue weighted by Crippen LogP contribution is -2.37. The van der Waals surface area contributed by atoms with Gasteiger partial charge in [-0.1, -0.05) is 63.3 Å². The lowest BCUT2D eigenvalue weighted by molar-refractivity contribution is -0.136. The third kappa shape index (κ3) is 11.0. The molecule has 0 saturated heterocycles. The zero-order valence-electron chi connectivity index (χ0n) is 18.0. The van der Waals surface area contributed by atoms with Crippen molar-refractivity contribution >= 4 is 12.1 Å². The number of unbranched alkanes of at least 4 members (excludes halogenated alkanes) is 5. The molecule has 0 spiro atoms. The van der Waals surface area contributed by atoms with E-state index < -0.39 is 11.6 Å². The van der Waals surface area contributed by atoms with Gasteiger partial charge in [-0.3, -0.25) is 4.79 Å². The first kappa shape index (κ1) is 24.0. The summed E-state index contributed by atoms with van der Waals surface area (Å²) in [5.74, 6) is -0.792. The third-order valence-corrected chi connectivity index (χ3v) is 4.46. The normalized spacial score (nSPS) is 11.3. The van der Waals surface area contributed by atoms with Gasteiger partial charge in [-0.2, -0.15) is 0 Å². The van der Waals surface area contributed by atoms with Gasteiger partial charge >= 0.3 is 12.1 Å². The number of carboxylic acids is 1. The molecule has 0 aromatic heterocycles. The average Bonchev–Trinajstić information content (AvgIpc) is 2.61. The van der Waals surface area contributed by atoms with Crippen molar-refractivity contribution in [2.75, 3.05) is 6.54 Å². The van der Waals surface area contributed by atoms with Crippen molar-refractivity contribution in [2.45, 2.75) is 91.2 Å². The number of ether oxygens (including phenoxy) is 1. The summed E-state index contributed by atoms with van der Waals surface area (Å²) < 4.78 is 5.58. The highest BCUT2D eigenvalue weighted by Crippen LogP contribution is 2.15. The van der Waals surface area contributed by atoms with Crippen LogP contribution < -0.4 is 0 Å². The summed E-state index contributed by atoms with van der Waals surface area (Å²) >= 11 is 0. The van der Waals surface area contributed by atoms with Crippen LogP contribution in [0.2, 0.25) is 0 Å². The largest absolute Gasteiger partial charge is 0.481 e. The monoisotopic (exact) mass is 391 g/mol. The molecule has 5 heteroatoms. The van der Waals surface area contributed by atoms with Crippen LogP contribution in [0.3, 0.4) is 0 Å². The van der Waals surface area contributed by atoms with Crippen molar-refractivity contribution in [1.29, 1.82) is 0 Å². The van der Waals surface area contributed by atoms with Crippen LogP contribution in [0.15, 0.2) is 24.3 Å². The van der Waals surface area contributed by atoms with E-state index in [0.717, 1.165) is 24.0 Å². The molecule has 1 aromatic rings. The van der Waals surface area contributed by atoms with Crippen LogP contribution >= 0.6 is 0 Å². The van der Waals surface area contributed by atoms with Crippen molar-refractivity contribution in [3.63, 3.8) is 0 Å². The Balaban J connectivity index is 2.64. The molecule has 0 bridgehead atoms. The van der Waals surface area contributed by atoms with Gasteiger partial charge in [0.05, 0.1) is 0 Å². The molecule has 158 valence electrons. The van der Waals surface area contributed by atoms with E-state index in [1.807, 2.05) is 45.0 Å². The molecule has 0 aliphatic rings. The molecule has 1 amide bonds. The van der Waals surface area contributed by atoms with E-state index in [1.54, 1.807) is 4.90 Å². The summed E-state index contributed by atoms with van der Waals surface area (Å²) in [6, 6.07) is 7.82. The fourth-order valence-electron chi connectivity index (χ4n) is 2.93. The van der Waals surface area contributed by atoms with E-state index in [-0.39, 0.29) is 12.5 Å². The van der Waals surface area contributed by atoms with E-state index in [1.165, 1.54) is 25.7 Å². The van der Waals surface area contributed by atoms with Crippen LogP contribution in [-0.4, -0.2) is 34.2 Å². The summed E-state index contributed by atoms with van der Waals surface area (Å²) in [5.41, 5.74) is 1.50. The number of carbonyl (C=O) groups is 2. The first-order valence-electron chi connectivity index (χ1n) is 10.5. The van der Waals surface area contributed by atoms with Gasteiger partial charge < -0.3 is 14.7 Å². The van der Waals surface area contributed by atoms with Gasteiger partial charge in [-0.15, -0.1) is 0 Å². The second-order valence-electron chi connectivity index (χ2n) is 8.38. The number of carboxylic acid groups (broad SMARTS) is 1. The molecule has 0 aliphatic carbocycles. The topological polar surface area (TPSA) is 66.8 Å². The molecule has 0 saturated carbocycles. The van der Waals surface area contributed by atoms with E-state index in [0.29, 0.717) is 19.5 Å².